The normalized spacial score (nSPS) is 12.1. The Morgan fingerprint density at radius 2 is 1.61 bits per heavy atom. The maximum Gasteiger partial charge on any atom is 0.573 e. The molecule has 0 fully saturated rings. The quantitative estimate of drug-likeness (QED) is 0.222. The third kappa shape index (κ3) is 5.27. The SMILES string of the molecule is CCc1c(Sc2cccc3cccnc23)cc(NS(=O)(=O)c2ccccc2OC(F)(F)F)c2ccccc12. The number of sulfonamides is 1. The van der Waals surface area contributed by atoms with E-state index in [2.05, 4.69) is 14.4 Å². The van der Waals surface area contributed by atoms with Crippen LogP contribution < -0.4 is 9.46 Å². The fourth-order valence-electron chi connectivity index (χ4n) is 4.31. The molecule has 0 aliphatic heterocycles. The molecule has 0 atom stereocenters. The van der Waals surface area contributed by atoms with E-state index < -0.39 is 27.0 Å². The number of hydrogen-bond donors (Lipinski definition) is 1. The van der Waals surface area contributed by atoms with E-state index >= 15 is 0 Å². The first-order valence-corrected chi connectivity index (χ1v) is 13.9. The summed E-state index contributed by atoms with van der Waals surface area (Å²) in [5.41, 5.74) is 2.08. The second-order valence-corrected chi connectivity index (χ2v) is 11.1. The third-order valence-electron chi connectivity index (χ3n) is 5.89. The first kappa shape index (κ1) is 25.9. The van der Waals surface area contributed by atoms with Crippen LogP contribution in [-0.4, -0.2) is 19.8 Å². The minimum absolute atomic E-state index is 0.246. The molecule has 1 aromatic heterocycles. The summed E-state index contributed by atoms with van der Waals surface area (Å²) in [6.07, 6.45) is -2.65. The second kappa shape index (κ2) is 10.2. The van der Waals surface area contributed by atoms with Gasteiger partial charge in [0.15, 0.2) is 0 Å². The average Bonchev–Trinajstić information content (AvgIpc) is 2.88. The van der Waals surface area contributed by atoms with Gasteiger partial charge in [0.2, 0.25) is 0 Å². The molecule has 0 aliphatic rings. The summed E-state index contributed by atoms with van der Waals surface area (Å²) < 4.78 is 72.1. The maximum atomic E-state index is 13.4. The molecule has 5 rings (SSSR count). The largest absolute Gasteiger partial charge is 0.573 e. The molecule has 0 spiro atoms. The highest BCUT2D eigenvalue weighted by Gasteiger charge is 2.34. The van der Waals surface area contributed by atoms with Crippen LogP contribution in [0.3, 0.4) is 0 Å². The number of halogens is 3. The van der Waals surface area contributed by atoms with Crippen LogP contribution in [-0.2, 0) is 16.4 Å². The van der Waals surface area contributed by atoms with Gasteiger partial charge in [-0.3, -0.25) is 9.71 Å². The summed E-state index contributed by atoms with van der Waals surface area (Å²) in [4.78, 5) is 5.60. The molecule has 1 heterocycles. The van der Waals surface area contributed by atoms with E-state index in [1.54, 1.807) is 24.4 Å². The van der Waals surface area contributed by atoms with E-state index in [4.69, 9.17) is 0 Å². The number of pyridine rings is 1. The number of alkyl halides is 3. The van der Waals surface area contributed by atoms with Gasteiger partial charge in [0.05, 0.1) is 11.2 Å². The lowest BCUT2D eigenvalue weighted by atomic mass is 10.0. The lowest BCUT2D eigenvalue weighted by Gasteiger charge is -2.18. The molecule has 0 aliphatic carbocycles. The van der Waals surface area contributed by atoms with Gasteiger partial charge in [-0.2, -0.15) is 0 Å². The van der Waals surface area contributed by atoms with E-state index in [1.165, 1.54) is 23.9 Å². The Hall–Kier alpha value is -3.76. The molecule has 0 saturated carbocycles. The van der Waals surface area contributed by atoms with Crippen LogP contribution in [0.15, 0.2) is 106 Å². The molecule has 0 saturated heterocycles. The molecule has 38 heavy (non-hydrogen) atoms. The van der Waals surface area contributed by atoms with E-state index in [9.17, 15) is 21.6 Å². The van der Waals surface area contributed by atoms with Crippen molar-refractivity contribution < 1.29 is 26.3 Å². The van der Waals surface area contributed by atoms with Crippen molar-refractivity contribution in [2.45, 2.75) is 34.4 Å². The number of rotatable bonds is 7. The standard InChI is InChI=1S/C28H21F3N2O3S2/c1-2-19-20-11-3-4-12-21(20)22(17-25(19)37-24-14-7-9-18-10-8-16-32-27(18)24)33-38(34,35)26-15-6-5-13-23(26)36-28(29,30)31/h3-17,33H,2H2,1H3. The highest BCUT2D eigenvalue weighted by molar-refractivity contribution is 7.99. The van der Waals surface area contributed by atoms with Crippen LogP contribution in [0.4, 0.5) is 18.9 Å². The van der Waals surface area contributed by atoms with Crippen LogP contribution in [0.25, 0.3) is 21.7 Å². The average molecular weight is 555 g/mol. The fourth-order valence-corrected chi connectivity index (χ4v) is 6.71. The van der Waals surface area contributed by atoms with E-state index in [1.807, 2.05) is 49.4 Å². The Morgan fingerprint density at radius 3 is 2.37 bits per heavy atom. The lowest BCUT2D eigenvalue weighted by Crippen LogP contribution is -2.21. The number of benzene rings is 4. The summed E-state index contributed by atoms with van der Waals surface area (Å²) in [6.45, 7) is 2.02. The molecule has 0 bridgehead atoms. The molecular weight excluding hydrogens is 533 g/mol. The van der Waals surface area contributed by atoms with E-state index in [-0.39, 0.29) is 5.69 Å². The summed E-state index contributed by atoms with van der Waals surface area (Å²) in [5, 5.41) is 2.44. The molecule has 5 nitrogen and oxygen atoms in total. The Kier molecular flexibility index (Phi) is 6.93. The molecule has 10 heteroatoms. The maximum absolute atomic E-state index is 13.4. The Morgan fingerprint density at radius 1 is 0.895 bits per heavy atom. The van der Waals surface area contributed by atoms with Crippen molar-refractivity contribution in [3.05, 3.63) is 96.7 Å². The molecular formula is C28H21F3N2O3S2. The minimum atomic E-state index is -5.04. The van der Waals surface area contributed by atoms with Crippen LogP contribution in [0.2, 0.25) is 0 Å². The number of anilines is 1. The Labute approximate surface area is 221 Å². The van der Waals surface area contributed by atoms with Gasteiger partial charge in [-0.25, -0.2) is 8.42 Å². The highest BCUT2D eigenvalue weighted by Crippen LogP contribution is 2.41. The zero-order valence-corrected chi connectivity index (χ0v) is 21.6. The number of aryl methyl sites for hydroxylation is 1. The number of nitrogens with zero attached hydrogens (tertiary/aromatic N) is 1. The number of ether oxygens (including phenoxy) is 1. The van der Waals surface area contributed by atoms with Gasteiger partial charge in [0.1, 0.15) is 10.6 Å². The van der Waals surface area contributed by atoms with Gasteiger partial charge in [0.25, 0.3) is 10.0 Å². The van der Waals surface area contributed by atoms with E-state index in [0.29, 0.717) is 11.8 Å². The highest BCUT2D eigenvalue weighted by atomic mass is 32.2. The van der Waals surface area contributed by atoms with Gasteiger partial charge in [0, 0.05) is 26.8 Å². The van der Waals surface area contributed by atoms with Crippen LogP contribution in [0.1, 0.15) is 12.5 Å². The fraction of sp³-hybridized carbons (Fsp3) is 0.107. The van der Waals surface area contributed by atoms with Crippen molar-refractivity contribution in [3.8, 4) is 5.75 Å². The van der Waals surface area contributed by atoms with Gasteiger partial charge in [-0.1, -0.05) is 73.3 Å². The molecule has 194 valence electrons. The summed E-state index contributed by atoms with van der Waals surface area (Å²) in [7, 11) is -4.45. The van der Waals surface area contributed by atoms with Gasteiger partial charge in [-0.05, 0) is 47.7 Å². The first-order valence-electron chi connectivity index (χ1n) is 11.6. The molecule has 1 N–H and O–H groups in total. The Balaban J connectivity index is 1.63. The van der Waals surface area contributed by atoms with Gasteiger partial charge in [-0.15, -0.1) is 13.2 Å². The zero-order valence-electron chi connectivity index (χ0n) is 20.0. The smallest absolute Gasteiger partial charge is 0.404 e. The Bertz CT molecular complexity index is 1750. The number of fused-ring (bicyclic) bond motifs is 2. The molecule has 0 unspecified atom stereocenters. The predicted octanol–water partition coefficient (Wildman–Crippen LogP) is 7.80. The third-order valence-corrected chi connectivity index (χ3v) is 8.43. The lowest BCUT2D eigenvalue weighted by molar-refractivity contribution is -0.275. The summed E-state index contributed by atoms with van der Waals surface area (Å²) >= 11 is 1.46. The number of nitrogens with one attached hydrogen (secondary N) is 1. The van der Waals surface area contributed by atoms with E-state index in [0.717, 1.165) is 43.8 Å². The summed E-state index contributed by atoms with van der Waals surface area (Å²) in [5.74, 6) is -0.807. The minimum Gasteiger partial charge on any atom is -0.404 e. The second-order valence-electron chi connectivity index (χ2n) is 8.33. The van der Waals surface area contributed by atoms with Crippen molar-refractivity contribution >= 4 is 49.1 Å². The van der Waals surface area contributed by atoms with Crippen LogP contribution >= 0.6 is 11.8 Å². The topological polar surface area (TPSA) is 68.3 Å². The van der Waals surface area contributed by atoms with Crippen molar-refractivity contribution in [2.24, 2.45) is 0 Å². The predicted molar refractivity (Wildman–Crippen MR) is 143 cm³/mol. The van der Waals surface area contributed by atoms with Crippen molar-refractivity contribution in [1.29, 1.82) is 0 Å². The van der Waals surface area contributed by atoms with Crippen molar-refractivity contribution in [2.75, 3.05) is 4.72 Å². The van der Waals surface area contributed by atoms with Crippen LogP contribution in [0, 0.1) is 0 Å². The number of hydrogen-bond acceptors (Lipinski definition) is 5. The summed E-state index contributed by atoms with van der Waals surface area (Å²) in [6, 6.07) is 23.4. The number of aromatic nitrogens is 1. The van der Waals surface area contributed by atoms with Crippen molar-refractivity contribution in [3.63, 3.8) is 0 Å². The van der Waals surface area contributed by atoms with Gasteiger partial charge >= 0.3 is 6.36 Å². The molecule has 0 amide bonds. The zero-order chi connectivity index (χ0) is 26.9. The van der Waals surface area contributed by atoms with Crippen LogP contribution in [0.5, 0.6) is 5.75 Å². The molecule has 0 radical (unpaired) electrons. The van der Waals surface area contributed by atoms with Gasteiger partial charge < -0.3 is 4.74 Å². The molecule has 4 aromatic carbocycles. The monoisotopic (exact) mass is 554 g/mol. The number of para-hydroxylation sites is 2. The van der Waals surface area contributed by atoms with Crippen molar-refractivity contribution in [1.82, 2.24) is 4.98 Å². The molecule has 5 aromatic rings. The first-order chi connectivity index (χ1) is 18.2.